The Kier molecular flexibility index (Phi) is 2.79. The Hall–Kier alpha value is -2.21. The van der Waals surface area contributed by atoms with Gasteiger partial charge < -0.3 is 9.40 Å². The summed E-state index contributed by atoms with van der Waals surface area (Å²) in [5.41, 5.74) is 0.590. The second kappa shape index (κ2) is 4.47. The van der Waals surface area contributed by atoms with Gasteiger partial charge in [-0.25, -0.2) is 4.98 Å². The molecule has 0 aliphatic heterocycles. The molecule has 0 unspecified atom stereocenters. The average molecular weight is 273 g/mol. The predicted molar refractivity (Wildman–Crippen MR) is 73.7 cm³/mol. The quantitative estimate of drug-likeness (QED) is 0.728. The smallest absolute Gasteiger partial charge is 0.262 e. The minimum atomic E-state index is -0.143. The van der Waals surface area contributed by atoms with Crippen LogP contribution in [0.2, 0.25) is 0 Å². The van der Waals surface area contributed by atoms with Crippen LogP contribution in [0.3, 0.4) is 0 Å². The lowest BCUT2D eigenvalue weighted by Gasteiger charge is -2.05. The van der Waals surface area contributed by atoms with Crippen LogP contribution in [0.4, 0.5) is 0 Å². The average Bonchev–Trinajstić information content (AvgIpc) is 2.80. The van der Waals surface area contributed by atoms with Gasteiger partial charge in [0.05, 0.1) is 17.1 Å². The number of benzene rings is 1. The fourth-order valence-electron chi connectivity index (χ4n) is 1.95. The monoisotopic (exact) mass is 273 g/mol. The lowest BCUT2D eigenvalue weighted by molar-refractivity contribution is 0.452. The summed E-state index contributed by atoms with van der Waals surface area (Å²) >= 11 is 5.21. The summed E-state index contributed by atoms with van der Waals surface area (Å²) in [4.78, 5) is 19.5. The molecule has 0 saturated heterocycles. The Morgan fingerprint density at radius 3 is 2.95 bits per heavy atom. The highest BCUT2D eigenvalue weighted by molar-refractivity contribution is 7.71. The summed E-state index contributed by atoms with van der Waals surface area (Å²) in [6, 6.07) is 7.27. The zero-order valence-corrected chi connectivity index (χ0v) is 11.0. The molecule has 3 aromatic rings. The standard InChI is InChI=1S/C13H11N3O2S/c1-8-6-14-11(18-8)7-16-12(17)9-4-2-3-5-10(9)15-13(16)19/h2-6H,7H2,1H3,(H,15,19). The number of nitrogens with one attached hydrogen (secondary N) is 1. The summed E-state index contributed by atoms with van der Waals surface area (Å²) in [5, 5.41) is 0.597. The number of para-hydroxylation sites is 1. The van der Waals surface area contributed by atoms with Gasteiger partial charge in [-0.2, -0.15) is 0 Å². The van der Waals surface area contributed by atoms with Gasteiger partial charge in [-0.15, -0.1) is 0 Å². The van der Waals surface area contributed by atoms with Gasteiger partial charge in [-0.3, -0.25) is 9.36 Å². The molecule has 5 nitrogen and oxygen atoms in total. The fraction of sp³-hybridized carbons (Fsp3) is 0.154. The van der Waals surface area contributed by atoms with Crippen LogP contribution in [0.15, 0.2) is 39.7 Å². The van der Waals surface area contributed by atoms with E-state index in [2.05, 4.69) is 9.97 Å². The van der Waals surface area contributed by atoms with Gasteiger partial charge in [-0.1, -0.05) is 12.1 Å². The molecule has 1 aromatic carbocycles. The van der Waals surface area contributed by atoms with E-state index < -0.39 is 0 Å². The van der Waals surface area contributed by atoms with Crippen LogP contribution in [0.5, 0.6) is 0 Å². The maximum Gasteiger partial charge on any atom is 0.262 e. The Labute approximate surface area is 113 Å². The van der Waals surface area contributed by atoms with Gasteiger partial charge in [0.25, 0.3) is 5.56 Å². The Bertz CT molecular complexity index is 860. The first-order valence-electron chi connectivity index (χ1n) is 5.78. The van der Waals surface area contributed by atoms with E-state index >= 15 is 0 Å². The lowest BCUT2D eigenvalue weighted by Crippen LogP contribution is -2.22. The van der Waals surface area contributed by atoms with E-state index in [4.69, 9.17) is 16.6 Å². The molecule has 0 aliphatic rings. The molecule has 6 heteroatoms. The number of H-pyrrole nitrogens is 1. The number of hydrogen-bond donors (Lipinski definition) is 1. The van der Waals surface area contributed by atoms with E-state index in [1.54, 1.807) is 19.2 Å². The maximum absolute atomic E-state index is 12.4. The molecule has 0 fully saturated rings. The van der Waals surface area contributed by atoms with E-state index in [1.807, 2.05) is 18.2 Å². The summed E-state index contributed by atoms with van der Waals surface area (Å²) in [7, 11) is 0. The molecule has 3 rings (SSSR count). The molecule has 96 valence electrons. The normalized spacial score (nSPS) is 11.0. The van der Waals surface area contributed by atoms with Crippen molar-refractivity contribution in [1.82, 2.24) is 14.5 Å². The summed E-state index contributed by atoms with van der Waals surface area (Å²) in [5.74, 6) is 1.17. The molecule has 0 atom stereocenters. The van der Waals surface area contributed by atoms with Gasteiger partial charge >= 0.3 is 0 Å². The third kappa shape index (κ3) is 2.10. The molecule has 0 spiro atoms. The molecule has 19 heavy (non-hydrogen) atoms. The van der Waals surface area contributed by atoms with Crippen LogP contribution in [0.1, 0.15) is 11.7 Å². The number of hydrogen-bond acceptors (Lipinski definition) is 4. The largest absolute Gasteiger partial charge is 0.444 e. The first kappa shape index (κ1) is 11.9. The molecule has 0 radical (unpaired) electrons. The van der Waals surface area contributed by atoms with Gasteiger partial charge in [0.2, 0.25) is 5.89 Å². The Morgan fingerprint density at radius 2 is 2.21 bits per heavy atom. The first-order valence-corrected chi connectivity index (χ1v) is 6.19. The van der Waals surface area contributed by atoms with E-state index in [-0.39, 0.29) is 12.1 Å². The minimum absolute atomic E-state index is 0.143. The molecule has 0 aliphatic carbocycles. The topological polar surface area (TPSA) is 63.8 Å². The molecular formula is C13H11N3O2S. The predicted octanol–water partition coefficient (Wildman–Crippen LogP) is 2.40. The van der Waals surface area contributed by atoms with Crippen LogP contribution in [0, 0.1) is 11.7 Å². The third-order valence-electron chi connectivity index (χ3n) is 2.85. The second-order valence-electron chi connectivity index (χ2n) is 4.23. The van der Waals surface area contributed by atoms with Gasteiger partial charge in [0.15, 0.2) is 4.77 Å². The van der Waals surface area contributed by atoms with Crippen LogP contribution < -0.4 is 5.56 Å². The van der Waals surface area contributed by atoms with E-state index in [1.165, 1.54) is 4.57 Å². The SMILES string of the molecule is Cc1cnc(Cn2c(=S)[nH]c3ccccc3c2=O)o1. The molecule has 2 aromatic heterocycles. The zero-order valence-electron chi connectivity index (χ0n) is 10.2. The fourth-order valence-corrected chi connectivity index (χ4v) is 2.21. The number of oxazole rings is 1. The van der Waals surface area contributed by atoms with Crippen molar-refractivity contribution in [3.8, 4) is 0 Å². The van der Waals surface area contributed by atoms with Crippen LogP contribution in [0.25, 0.3) is 10.9 Å². The number of aromatic amines is 1. The highest BCUT2D eigenvalue weighted by atomic mass is 32.1. The third-order valence-corrected chi connectivity index (χ3v) is 3.17. The maximum atomic E-state index is 12.4. The number of aryl methyl sites for hydroxylation is 1. The Morgan fingerprint density at radius 1 is 1.42 bits per heavy atom. The molecule has 0 amide bonds. The van der Waals surface area contributed by atoms with Crippen molar-refractivity contribution in [2.75, 3.05) is 0 Å². The van der Waals surface area contributed by atoms with E-state index in [9.17, 15) is 4.79 Å². The minimum Gasteiger partial charge on any atom is -0.444 e. The number of rotatable bonds is 2. The van der Waals surface area contributed by atoms with Crippen LogP contribution in [-0.2, 0) is 6.54 Å². The number of nitrogens with zero attached hydrogens (tertiary/aromatic N) is 2. The van der Waals surface area contributed by atoms with Crippen LogP contribution >= 0.6 is 12.2 Å². The number of aromatic nitrogens is 3. The highest BCUT2D eigenvalue weighted by Gasteiger charge is 2.08. The van der Waals surface area contributed by atoms with Crippen molar-refractivity contribution in [2.24, 2.45) is 0 Å². The number of fused-ring (bicyclic) bond motifs is 1. The van der Waals surface area contributed by atoms with Gasteiger partial charge in [0.1, 0.15) is 12.3 Å². The van der Waals surface area contributed by atoms with Crippen molar-refractivity contribution in [1.29, 1.82) is 0 Å². The molecule has 0 bridgehead atoms. The van der Waals surface area contributed by atoms with Crippen LogP contribution in [-0.4, -0.2) is 14.5 Å². The van der Waals surface area contributed by atoms with E-state index in [0.717, 1.165) is 5.52 Å². The van der Waals surface area contributed by atoms with Gasteiger partial charge in [-0.05, 0) is 31.3 Å². The molecular weight excluding hydrogens is 262 g/mol. The molecule has 0 saturated carbocycles. The summed E-state index contributed by atoms with van der Waals surface area (Å²) in [6.45, 7) is 2.03. The first-order chi connectivity index (χ1) is 9.15. The van der Waals surface area contributed by atoms with Crippen molar-refractivity contribution in [3.63, 3.8) is 0 Å². The molecule has 1 N–H and O–H groups in total. The summed E-state index contributed by atoms with van der Waals surface area (Å²) < 4.78 is 7.19. The Balaban J connectivity index is 2.18. The van der Waals surface area contributed by atoms with Crippen molar-refractivity contribution >= 4 is 23.1 Å². The summed E-state index contributed by atoms with van der Waals surface area (Å²) in [6.07, 6.45) is 1.62. The van der Waals surface area contributed by atoms with Gasteiger partial charge in [0, 0.05) is 0 Å². The van der Waals surface area contributed by atoms with Crippen molar-refractivity contribution in [2.45, 2.75) is 13.5 Å². The van der Waals surface area contributed by atoms with Crippen molar-refractivity contribution in [3.05, 3.63) is 57.2 Å². The lowest BCUT2D eigenvalue weighted by atomic mass is 10.2. The van der Waals surface area contributed by atoms with E-state index in [0.29, 0.717) is 21.8 Å². The highest BCUT2D eigenvalue weighted by Crippen LogP contribution is 2.08. The van der Waals surface area contributed by atoms with Crippen molar-refractivity contribution < 1.29 is 4.42 Å². The second-order valence-corrected chi connectivity index (χ2v) is 4.62. The molecule has 2 heterocycles. The zero-order chi connectivity index (χ0) is 13.4.